The molecule has 0 aromatic carbocycles. The normalized spacial score (nSPS) is 17.0. The average molecular weight is 83.1 g/mol. The second-order valence-corrected chi connectivity index (χ2v) is 0.818. The smallest absolute Gasteiger partial charge is 0.241 e. The Morgan fingerprint density at radius 3 is 2.67 bits per heavy atom. The van der Waals surface area contributed by atoms with Crippen LogP contribution in [0.2, 0.25) is 0 Å². The molecule has 2 N–H and O–H groups in total. The number of nitrogens with two attached hydrogens (primary N) is 1. The Balaban J connectivity index is 2.68. The van der Waals surface area contributed by atoms with Gasteiger partial charge in [-0.3, -0.25) is 0 Å². The third kappa shape index (κ3) is 0.314. The highest BCUT2D eigenvalue weighted by Gasteiger charge is 1.89. The first-order chi connectivity index (χ1) is 2.89. The first-order valence-electron chi connectivity index (χ1n) is 1.45. The molecule has 0 spiro atoms. The van der Waals surface area contributed by atoms with E-state index in [1.165, 1.54) is 6.34 Å². The van der Waals surface area contributed by atoms with E-state index < -0.39 is 0 Å². The largest absolute Gasteiger partial charge is 0.366 e. The minimum Gasteiger partial charge on any atom is -0.366 e. The highest BCUT2D eigenvalue weighted by atomic mass is 15.4. The van der Waals surface area contributed by atoms with Gasteiger partial charge in [-0.05, 0) is 0 Å². The maximum absolute atomic E-state index is 4.99. The Morgan fingerprint density at radius 2 is 2.50 bits per heavy atom. The molecule has 0 aromatic heterocycles. The lowest BCUT2D eigenvalue weighted by Gasteiger charge is -1.70. The van der Waals surface area contributed by atoms with Crippen LogP contribution in [0.25, 0.3) is 0 Å². The van der Waals surface area contributed by atoms with E-state index in [0.29, 0.717) is 0 Å². The van der Waals surface area contributed by atoms with Gasteiger partial charge in [-0.1, -0.05) is 0 Å². The molecule has 0 bridgehead atoms. The molecule has 1 radical (unpaired) electrons. The van der Waals surface area contributed by atoms with Crippen LogP contribution in [0.15, 0.2) is 10.1 Å². The molecule has 4 heteroatoms. The van der Waals surface area contributed by atoms with Gasteiger partial charge in [0.25, 0.3) is 0 Å². The fourth-order valence-electron chi connectivity index (χ4n) is 0.196. The Hall–Kier alpha value is -1.06. The molecule has 31 valence electrons. The number of rotatable bonds is 0. The predicted octanol–water partition coefficient (Wildman–Crippen LogP) is -1.14. The zero-order valence-electron chi connectivity index (χ0n) is 3.00. The van der Waals surface area contributed by atoms with Crippen molar-refractivity contribution >= 4 is 12.3 Å². The maximum Gasteiger partial charge on any atom is 0.241 e. The van der Waals surface area contributed by atoms with Crippen molar-refractivity contribution in [2.45, 2.75) is 0 Å². The van der Waals surface area contributed by atoms with Crippen molar-refractivity contribution in [3.8, 4) is 0 Å². The third-order valence-electron chi connectivity index (χ3n) is 0.402. The van der Waals surface area contributed by atoms with Crippen molar-refractivity contribution in [2.24, 2.45) is 15.8 Å². The molecule has 0 saturated carbocycles. The van der Waals surface area contributed by atoms with Crippen LogP contribution in [0.5, 0.6) is 0 Å². The number of aliphatic imine (C=N–C) groups is 1. The van der Waals surface area contributed by atoms with E-state index in [4.69, 9.17) is 5.73 Å². The topological polar surface area (TPSA) is 64.8 Å². The second-order valence-electron chi connectivity index (χ2n) is 0.818. The van der Waals surface area contributed by atoms with Crippen molar-refractivity contribution in [1.29, 1.82) is 0 Å². The summed E-state index contributed by atoms with van der Waals surface area (Å²) in [5.74, 6) is 0.231. The van der Waals surface area contributed by atoms with Gasteiger partial charge >= 0.3 is 0 Å². The van der Waals surface area contributed by atoms with E-state index in [2.05, 4.69) is 15.5 Å². The van der Waals surface area contributed by atoms with E-state index in [0.717, 1.165) is 0 Å². The highest BCUT2D eigenvalue weighted by Crippen LogP contribution is 1.73. The Kier molecular flexibility index (Phi) is 0.506. The van der Waals surface area contributed by atoms with E-state index >= 15 is 0 Å². The second kappa shape index (κ2) is 0.965. The van der Waals surface area contributed by atoms with E-state index in [9.17, 15) is 0 Å². The van der Waals surface area contributed by atoms with Crippen LogP contribution >= 0.6 is 0 Å². The molecule has 0 aliphatic carbocycles. The number of hydrogen-bond acceptors (Lipinski definition) is 3. The van der Waals surface area contributed by atoms with Crippen LogP contribution in [-0.4, -0.2) is 12.3 Å². The van der Waals surface area contributed by atoms with Crippen LogP contribution in [0.1, 0.15) is 0 Å². The van der Waals surface area contributed by atoms with Crippen molar-refractivity contribution in [2.75, 3.05) is 0 Å². The van der Waals surface area contributed by atoms with Crippen LogP contribution in [0.4, 0.5) is 0 Å². The molecule has 1 heterocycles. The quantitative estimate of drug-likeness (QED) is 0.395. The zero-order valence-corrected chi connectivity index (χ0v) is 3.00. The van der Waals surface area contributed by atoms with Gasteiger partial charge < -0.3 is 5.73 Å². The lowest BCUT2D eigenvalue weighted by molar-refractivity contribution is 1.06. The molecule has 1 aliphatic heterocycles. The predicted molar refractivity (Wildman–Crippen MR) is 22.2 cm³/mol. The van der Waals surface area contributed by atoms with E-state index in [1.54, 1.807) is 0 Å². The molecular weight excluding hydrogens is 80.0 g/mol. The van der Waals surface area contributed by atoms with Crippen LogP contribution in [0.3, 0.4) is 0 Å². The fraction of sp³-hybridized carbons (Fsp3) is 0. The van der Waals surface area contributed by atoms with Crippen LogP contribution in [-0.2, 0) is 0 Å². The molecule has 4 nitrogen and oxygen atoms in total. The summed E-state index contributed by atoms with van der Waals surface area (Å²) in [6, 6.07) is 0. The summed E-state index contributed by atoms with van der Waals surface area (Å²) >= 11 is 0. The summed E-state index contributed by atoms with van der Waals surface area (Å²) < 4.78 is 0. The van der Waals surface area contributed by atoms with Crippen molar-refractivity contribution < 1.29 is 0 Å². The van der Waals surface area contributed by atoms with Crippen molar-refractivity contribution in [1.82, 2.24) is 5.43 Å². The monoisotopic (exact) mass is 83.0 g/mol. The van der Waals surface area contributed by atoms with Gasteiger partial charge in [-0.15, -0.1) is 10.5 Å². The van der Waals surface area contributed by atoms with Gasteiger partial charge in [0.05, 0.1) is 0 Å². The zero-order chi connectivity index (χ0) is 4.41. The van der Waals surface area contributed by atoms with Gasteiger partial charge in [0, 0.05) is 0 Å². The van der Waals surface area contributed by atoms with Gasteiger partial charge in [-0.2, -0.15) is 4.99 Å². The lowest BCUT2D eigenvalue weighted by Crippen LogP contribution is -2.03. The number of guanidine groups is 1. The summed E-state index contributed by atoms with van der Waals surface area (Å²) in [4.78, 5) is 3.47. The summed E-state index contributed by atoms with van der Waals surface area (Å²) in [6.45, 7) is 0. The first kappa shape index (κ1) is 3.14. The van der Waals surface area contributed by atoms with E-state index in [-0.39, 0.29) is 5.96 Å². The number of hydrogen-bond donors (Lipinski definition) is 1. The van der Waals surface area contributed by atoms with Crippen LogP contribution in [0, 0.1) is 0 Å². The Morgan fingerprint density at radius 1 is 1.67 bits per heavy atom. The SMILES string of the molecule is NC1=N[N]C=N1. The summed E-state index contributed by atoms with van der Waals surface area (Å²) in [5.41, 5.74) is 8.33. The molecule has 1 rings (SSSR count). The van der Waals surface area contributed by atoms with Crippen molar-refractivity contribution in [3.63, 3.8) is 0 Å². The summed E-state index contributed by atoms with van der Waals surface area (Å²) in [6.07, 6.45) is 1.30. The number of nitrogens with zero attached hydrogens (tertiary/aromatic N) is 3. The average Bonchev–Trinajstić information content (AvgIpc) is 1.86. The molecule has 0 amide bonds. The van der Waals surface area contributed by atoms with Gasteiger partial charge in [0.1, 0.15) is 6.34 Å². The first-order valence-corrected chi connectivity index (χ1v) is 1.45. The molecule has 1 aliphatic rings. The molecule has 0 aromatic rings. The van der Waals surface area contributed by atoms with Gasteiger partial charge in [0.15, 0.2) is 0 Å². The van der Waals surface area contributed by atoms with Crippen LogP contribution < -0.4 is 11.2 Å². The molecule has 0 fully saturated rings. The lowest BCUT2D eigenvalue weighted by atomic mass is 11.1. The minimum absolute atomic E-state index is 0.231. The standard InChI is InChI=1S/C2H3N4/c3-2-4-1-5-6-2/h1H,(H2,3,6). The van der Waals surface area contributed by atoms with Crippen molar-refractivity contribution in [3.05, 3.63) is 0 Å². The molecule has 0 unspecified atom stereocenters. The summed E-state index contributed by atoms with van der Waals surface area (Å²) in [7, 11) is 0. The molecular formula is C2H3N4. The maximum atomic E-state index is 4.99. The summed E-state index contributed by atoms with van der Waals surface area (Å²) in [5, 5.41) is 3.33. The Labute approximate surface area is 34.7 Å². The third-order valence-corrected chi connectivity index (χ3v) is 0.402. The Bertz CT molecular complexity index is 99.4. The molecule has 0 saturated heterocycles. The highest BCUT2D eigenvalue weighted by molar-refractivity contribution is 5.89. The van der Waals surface area contributed by atoms with E-state index in [1.807, 2.05) is 0 Å². The molecule has 0 atom stereocenters. The minimum atomic E-state index is 0.231. The molecule has 6 heavy (non-hydrogen) atoms. The fourth-order valence-corrected chi connectivity index (χ4v) is 0.196. The van der Waals surface area contributed by atoms with Gasteiger partial charge in [0.2, 0.25) is 5.96 Å². The van der Waals surface area contributed by atoms with Gasteiger partial charge in [-0.25, -0.2) is 0 Å².